The molecule has 1 aromatic rings. The summed E-state index contributed by atoms with van der Waals surface area (Å²) >= 11 is 0. The molecule has 2 heterocycles. The zero-order chi connectivity index (χ0) is 29.6. The van der Waals surface area contributed by atoms with E-state index in [1.807, 2.05) is 18.7 Å². The first kappa shape index (κ1) is 32.6. The van der Waals surface area contributed by atoms with Crippen LogP contribution in [0.3, 0.4) is 0 Å². The molecule has 1 aromatic heterocycles. The van der Waals surface area contributed by atoms with Crippen molar-refractivity contribution in [3.05, 3.63) is 18.0 Å². The van der Waals surface area contributed by atoms with E-state index in [1.54, 1.807) is 0 Å². The predicted molar refractivity (Wildman–Crippen MR) is 156 cm³/mol. The maximum absolute atomic E-state index is 13.5. The highest BCUT2D eigenvalue weighted by atomic mass is 16.5. The van der Waals surface area contributed by atoms with E-state index < -0.39 is 18.0 Å². The third kappa shape index (κ3) is 10.4. The van der Waals surface area contributed by atoms with Gasteiger partial charge in [-0.1, -0.05) is 57.5 Å². The van der Waals surface area contributed by atoms with Crippen LogP contribution < -0.4 is 21.7 Å². The Bertz CT molecular complexity index is 957. The molecule has 5 N–H and O–H groups in total. The van der Waals surface area contributed by atoms with Crippen molar-refractivity contribution in [1.29, 1.82) is 0 Å². The fraction of sp³-hybridized carbons (Fsp3) is 0.767. The van der Waals surface area contributed by atoms with E-state index in [0.717, 1.165) is 51.6 Å². The molecule has 0 unspecified atom stereocenters. The summed E-state index contributed by atoms with van der Waals surface area (Å²) < 4.78 is 4.98. The lowest BCUT2D eigenvalue weighted by Gasteiger charge is -2.31. The van der Waals surface area contributed by atoms with Crippen molar-refractivity contribution < 1.29 is 23.7 Å². The zero-order valence-corrected chi connectivity index (χ0v) is 24.9. The van der Waals surface area contributed by atoms with Gasteiger partial charge in [-0.15, -0.1) is 0 Å². The number of aromatic nitrogens is 1. The highest BCUT2D eigenvalue weighted by Gasteiger charge is 2.32. The van der Waals surface area contributed by atoms with Crippen LogP contribution in [0.1, 0.15) is 101 Å². The normalized spacial score (nSPS) is 18.8. The van der Waals surface area contributed by atoms with Crippen molar-refractivity contribution in [3.8, 4) is 0 Å². The minimum absolute atomic E-state index is 0.0428. The van der Waals surface area contributed by atoms with E-state index in [2.05, 4.69) is 21.1 Å². The Kier molecular flexibility index (Phi) is 13.6. The third-order valence-corrected chi connectivity index (χ3v) is 8.79. The molecular formula is C30H50N6O5. The van der Waals surface area contributed by atoms with Crippen molar-refractivity contribution in [1.82, 2.24) is 26.0 Å². The van der Waals surface area contributed by atoms with Crippen LogP contribution in [-0.2, 0) is 14.4 Å². The SMILES string of the molecule is CC[C@H](C)[C@H](NC(=O)[C@H](CC1CCCCC1)NC(=O)c1ccno1)C(=O)NCCCCC(=O)N1CCC(CN)CC1. The van der Waals surface area contributed by atoms with Gasteiger partial charge in [-0.3, -0.25) is 19.2 Å². The molecule has 1 aliphatic heterocycles. The quantitative estimate of drug-likeness (QED) is 0.234. The van der Waals surface area contributed by atoms with Gasteiger partial charge in [-0.05, 0) is 56.4 Å². The monoisotopic (exact) mass is 574 g/mol. The largest absolute Gasteiger partial charge is 0.354 e. The molecule has 2 aliphatic rings. The average Bonchev–Trinajstić information content (AvgIpc) is 3.54. The van der Waals surface area contributed by atoms with Crippen LogP contribution in [0.2, 0.25) is 0 Å². The van der Waals surface area contributed by atoms with E-state index >= 15 is 0 Å². The zero-order valence-electron chi connectivity index (χ0n) is 24.9. The molecule has 11 heteroatoms. The summed E-state index contributed by atoms with van der Waals surface area (Å²) in [6.45, 7) is 6.56. The number of hydrogen-bond donors (Lipinski definition) is 4. The molecule has 4 amide bonds. The molecule has 3 rings (SSSR count). The molecular weight excluding hydrogens is 524 g/mol. The molecule has 1 saturated carbocycles. The first-order chi connectivity index (χ1) is 19.8. The van der Waals surface area contributed by atoms with Crippen LogP contribution in [0.25, 0.3) is 0 Å². The molecule has 1 saturated heterocycles. The van der Waals surface area contributed by atoms with Crippen LogP contribution >= 0.6 is 0 Å². The summed E-state index contributed by atoms with van der Waals surface area (Å²) in [4.78, 5) is 53.8. The van der Waals surface area contributed by atoms with Gasteiger partial charge >= 0.3 is 0 Å². The molecule has 0 bridgehead atoms. The van der Waals surface area contributed by atoms with Crippen molar-refractivity contribution in [2.75, 3.05) is 26.2 Å². The Hall–Kier alpha value is -2.95. The van der Waals surface area contributed by atoms with E-state index in [1.165, 1.54) is 18.7 Å². The Balaban J connectivity index is 1.50. The lowest BCUT2D eigenvalue weighted by molar-refractivity contribution is -0.132. The van der Waals surface area contributed by atoms with Gasteiger partial charge in [-0.25, -0.2) is 0 Å². The Morgan fingerprint density at radius 3 is 2.39 bits per heavy atom. The topological polar surface area (TPSA) is 160 Å². The number of nitrogens with one attached hydrogen (secondary N) is 3. The maximum atomic E-state index is 13.5. The second kappa shape index (κ2) is 17.1. The van der Waals surface area contributed by atoms with Crippen LogP contribution in [0, 0.1) is 17.8 Å². The molecule has 3 atom stereocenters. The van der Waals surface area contributed by atoms with Crippen LogP contribution in [0.5, 0.6) is 0 Å². The van der Waals surface area contributed by atoms with E-state index in [0.29, 0.717) is 57.0 Å². The number of rotatable bonds is 15. The van der Waals surface area contributed by atoms with Gasteiger partial charge in [0.15, 0.2) is 0 Å². The van der Waals surface area contributed by atoms with Crippen molar-refractivity contribution in [2.24, 2.45) is 23.5 Å². The minimum Gasteiger partial charge on any atom is -0.354 e. The molecule has 230 valence electrons. The van der Waals surface area contributed by atoms with Gasteiger partial charge in [-0.2, -0.15) is 0 Å². The van der Waals surface area contributed by atoms with Crippen LogP contribution in [0.4, 0.5) is 0 Å². The number of unbranched alkanes of at least 4 members (excludes halogenated alkanes) is 1. The molecule has 0 spiro atoms. The van der Waals surface area contributed by atoms with Gasteiger partial charge in [0.2, 0.25) is 23.5 Å². The average molecular weight is 575 g/mol. The number of nitrogens with two attached hydrogens (primary N) is 1. The standard InChI is InChI=1S/C30H50N6O5/c1-3-21(2)27(30(40)32-15-8-7-11-26(37)36-17-13-23(20-31)14-18-36)35-28(38)24(19-22-9-5-4-6-10-22)34-29(39)25-12-16-33-41-25/h12,16,21-24,27H,3-11,13-15,17-20,31H2,1-2H3,(H,32,40)(H,34,39)(H,35,38)/t21-,24-,27-/m0/s1. The first-order valence-corrected chi connectivity index (χ1v) is 15.6. The molecule has 0 aromatic carbocycles. The number of likely N-dealkylation sites (tertiary alicyclic amines) is 1. The van der Waals surface area contributed by atoms with Gasteiger partial charge in [0.1, 0.15) is 12.1 Å². The lowest BCUT2D eigenvalue weighted by atomic mass is 9.84. The van der Waals surface area contributed by atoms with Crippen LogP contribution in [-0.4, -0.2) is 71.9 Å². The summed E-state index contributed by atoms with van der Waals surface area (Å²) in [5.74, 6) is -0.165. The highest BCUT2D eigenvalue weighted by molar-refractivity contribution is 5.96. The van der Waals surface area contributed by atoms with Gasteiger partial charge in [0.05, 0.1) is 6.20 Å². The van der Waals surface area contributed by atoms with Gasteiger partial charge in [0.25, 0.3) is 5.91 Å². The van der Waals surface area contributed by atoms with E-state index in [4.69, 9.17) is 10.3 Å². The molecule has 11 nitrogen and oxygen atoms in total. The number of carbonyl (C=O) groups excluding carboxylic acids is 4. The highest BCUT2D eigenvalue weighted by Crippen LogP contribution is 2.27. The summed E-state index contributed by atoms with van der Waals surface area (Å²) in [7, 11) is 0. The lowest BCUT2D eigenvalue weighted by Crippen LogP contribution is -2.56. The second-order valence-electron chi connectivity index (χ2n) is 11.8. The smallest absolute Gasteiger partial charge is 0.290 e. The predicted octanol–water partition coefficient (Wildman–Crippen LogP) is 2.76. The number of carbonyl (C=O) groups is 4. The van der Waals surface area contributed by atoms with Crippen molar-refractivity contribution in [3.63, 3.8) is 0 Å². The Labute approximate surface area is 244 Å². The number of amides is 4. The fourth-order valence-electron chi connectivity index (χ4n) is 5.80. The summed E-state index contributed by atoms with van der Waals surface area (Å²) in [6, 6.07) is -0.0533. The Morgan fingerprint density at radius 2 is 1.76 bits per heavy atom. The number of hydrogen-bond acceptors (Lipinski definition) is 7. The maximum Gasteiger partial charge on any atom is 0.290 e. The first-order valence-electron chi connectivity index (χ1n) is 15.6. The molecule has 1 aliphatic carbocycles. The van der Waals surface area contributed by atoms with E-state index in [9.17, 15) is 19.2 Å². The van der Waals surface area contributed by atoms with Crippen molar-refractivity contribution in [2.45, 2.75) is 103 Å². The Morgan fingerprint density at radius 1 is 1.02 bits per heavy atom. The minimum atomic E-state index is -0.781. The van der Waals surface area contributed by atoms with Gasteiger partial charge in [0, 0.05) is 32.1 Å². The van der Waals surface area contributed by atoms with E-state index in [-0.39, 0.29) is 29.4 Å². The van der Waals surface area contributed by atoms with Crippen LogP contribution in [0.15, 0.2) is 16.8 Å². The second-order valence-corrected chi connectivity index (χ2v) is 11.8. The van der Waals surface area contributed by atoms with Gasteiger partial charge < -0.3 is 31.1 Å². The third-order valence-electron chi connectivity index (χ3n) is 8.79. The van der Waals surface area contributed by atoms with Crippen molar-refractivity contribution >= 4 is 23.6 Å². The summed E-state index contributed by atoms with van der Waals surface area (Å²) in [6.07, 6.45) is 11.8. The molecule has 41 heavy (non-hydrogen) atoms. The number of piperidine rings is 1. The summed E-state index contributed by atoms with van der Waals surface area (Å²) in [5, 5.41) is 12.3. The number of nitrogens with zero attached hydrogens (tertiary/aromatic N) is 2. The molecule has 2 fully saturated rings. The fourth-order valence-corrected chi connectivity index (χ4v) is 5.80. The molecule has 0 radical (unpaired) electrons. The summed E-state index contributed by atoms with van der Waals surface area (Å²) in [5.41, 5.74) is 5.74.